The quantitative estimate of drug-likeness (QED) is 0.822. The van der Waals surface area contributed by atoms with Crippen LogP contribution in [-0.4, -0.2) is 22.8 Å². The number of hydrogen-bond acceptors (Lipinski definition) is 2. The first-order chi connectivity index (χ1) is 12.5. The van der Waals surface area contributed by atoms with Gasteiger partial charge in [0, 0.05) is 25.2 Å². The Labute approximate surface area is 155 Å². The Hall–Kier alpha value is -2.62. The molecule has 0 bridgehead atoms. The van der Waals surface area contributed by atoms with Crippen LogP contribution in [-0.2, 0) is 29.0 Å². The molecule has 0 saturated heterocycles. The molecular weight excluding hydrogens is 324 g/mol. The fourth-order valence-corrected chi connectivity index (χ4v) is 3.07. The Morgan fingerprint density at radius 1 is 0.962 bits per heavy atom. The highest BCUT2D eigenvalue weighted by Crippen LogP contribution is 2.29. The number of anilines is 1. The normalized spacial score (nSPS) is 13.3. The summed E-state index contributed by atoms with van der Waals surface area (Å²) in [6, 6.07) is 16.4. The van der Waals surface area contributed by atoms with Gasteiger partial charge >= 0.3 is 0 Å². The predicted octanol–water partition coefficient (Wildman–Crippen LogP) is 3.94. The molecule has 4 nitrogen and oxygen atoms in total. The minimum atomic E-state index is -0.0946. The number of amides is 2. The largest absolute Gasteiger partial charge is 0.335 e. The van der Waals surface area contributed by atoms with E-state index >= 15 is 0 Å². The zero-order valence-corrected chi connectivity index (χ0v) is 15.5. The van der Waals surface area contributed by atoms with Gasteiger partial charge in [-0.25, -0.2) is 0 Å². The Morgan fingerprint density at radius 2 is 1.54 bits per heavy atom. The molecule has 4 heteroatoms. The van der Waals surface area contributed by atoms with E-state index in [2.05, 4.69) is 36.5 Å². The lowest BCUT2D eigenvalue weighted by molar-refractivity contribution is -0.131. The van der Waals surface area contributed by atoms with Crippen LogP contribution in [0.3, 0.4) is 0 Å². The Kier molecular flexibility index (Phi) is 5.71. The monoisotopic (exact) mass is 350 g/mol. The molecule has 0 radical (unpaired) electrons. The van der Waals surface area contributed by atoms with Crippen molar-refractivity contribution in [2.75, 3.05) is 5.32 Å². The first kappa shape index (κ1) is 18.2. The third kappa shape index (κ3) is 4.94. The Morgan fingerprint density at radius 3 is 2.08 bits per heavy atom. The van der Waals surface area contributed by atoms with Gasteiger partial charge in [-0.1, -0.05) is 43.3 Å². The molecule has 0 unspecified atom stereocenters. The van der Waals surface area contributed by atoms with E-state index in [0.717, 1.165) is 30.5 Å². The summed E-state index contributed by atoms with van der Waals surface area (Å²) in [5, 5.41) is 2.74. The van der Waals surface area contributed by atoms with Crippen molar-refractivity contribution in [2.24, 2.45) is 0 Å². The minimum Gasteiger partial charge on any atom is -0.335 e. The minimum absolute atomic E-state index is 0.0946. The van der Waals surface area contributed by atoms with Gasteiger partial charge in [0.1, 0.15) is 0 Å². The number of aryl methyl sites for hydroxylation is 1. The zero-order valence-electron chi connectivity index (χ0n) is 15.5. The molecule has 2 amide bonds. The van der Waals surface area contributed by atoms with Crippen LogP contribution in [0, 0.1) is 0 Å². The second kappa shape index (κ2) is 8.17. The van der Waals surface area contributed by atoms with Crippen LogP contribution in [0.2, 0.25) is 0 Å². The molecule has 0 spiro atoms. The van der Waals surface area contributed by atoms with Crippen molar-refractivity contribution in [3.8, 4) is 0 Å². The molecule has 1 aliphatic carbocycles. The summed E-state index contributed by atoms with van der Waals surface area (Å²) in [6.45, 7) is 4.31. The average molecular weight is 350 g/mol. The van der Waals surface area contributed by atoms with Gasteiger partial charge in [0.2, 0.25) is 11.8 Å². The van der Waals surface area contributed by atoms with E-state index < -0.39 is 0 Å². The standard InChI is InChI=1S/C22H26N2O2/c1-3-17-4-6-19(7-5-17)15-24(21-12-13-21)22(26)14-18-8-10-20(11-9-18)23-16(2)25/h4-11,21H,3,12-15H2,1-2H3,(H,23,25). The lowest BCUT2D eigenvalue weighted by atomic mass is 10.1. The van der Waals surface area contributed by atoms with Crippen molar-refractivity contribution in [1.82, 2.24) is 4.90 Å². The SMILES string of the molecule is CCc1ccc(CN(C(=O)Cc2ccc(NC(C)=O)cc2)C2CC2)cc1. The molecule has 0 heterocycles. The van der Waals surface area contributed by atoms with Crippen molar-refractivity contribution < 1.29 is 9.59 Å². The van der Waals surface area contributed by atoms with Gasteiger partial charge < -0.3 is 10.2 Å². The van der Waals surface area contributed by atoms with Crippen molar-refractivity contribution in [1.29, 1.82) is 0 Å². The molecular formula is C22H26N2O2. The lowest BCUT2D eigenvalue weighted by Crippen LogP contribution is -2.33. The van der Waals surface area contributed by atoms with E-state index in [9.17, 15) is 9.59 Å². The molecule has 136 valence electrons. The van der Waals surface area contributed by atoms with Crippen molar-refractivity contribution >= 4 is 17.5 Å². The first-order valence-electron chi connectivity index (χ1n) is 9.29. The summed E-state index contributed by atoms with van der Waals surface area (Å²) >= 11 is 0. The number of carbonyl (C=O) groups excluding carboxylic acids is 2. The average Bonchev–Trinajstić information content (AvgIpc) is 3.46. The van der Waals surface area contributed by atoms with Gasteiger partial charge in [0.15, 0.2) is 0 Å². The molecule has 1 aliphatic rings. The van der Waals surface area contributed by atoms with Crippen LogP contribution in [0.1, 0.15) is 43.4 Å². The van der Waals surface area contributed by atoms with Crippen LogP contribution in [0.4, 0.5) is 5.69 Å². The Balaban J connectivity index is 1.64. The van der Waals surface area contributed by atoms with Gasteiger partial charge in [0.25, 0.3) is 0 Å². The van der Waals surface area contributed by atoms with Gasteiger partial charge in [-0.15, -0.1) is 0 Å². The molecule has 1 fully saturated rings. The molecule has 0 atom stereocenters. The molecule has 1 saturated carbocycles. The molecule has 0 aliphatic heterocycles. The third-order valence-electron chi connectivity index (χ3n) is 4.72. The summed E-state index contributed by atoms with van der Waals surface area (Å²) in [4.78, 5) is 25.9. The predicted molar refractivity (Wildman–Crippen MR) is 104 cm³/mol. The van der Waals surface area contributed by atoms with Crippen LogP contribution >= 0.6 is 0 Å². The second-order valence-corrected chi connectivity index (χ2v) is 6.98. The first-order valence-corrected chi connectivity index (χ1v) is 9.29. The zero-order chi connectivity index (χ0) is 18.5. The lowest BCUT2D eigenvalue weighted by Gasteiger charge is -2.23. The molecule has 0 aromatic heterocycles. The number of carbonyl (C=O) groups is 2. The Bertz CT molecular complexity index is 762. The molecule has 1 N–H and O–H groups in total. The van der Waals surface area contributed by atoms with E-state index in [1.54, 1.807) is 0 Å². The summed E-state index contributed by atoms with van der Waals surface area (Å²) < 4.78 is 0. The molecule has 3 rings (SSSR count). The van der Waals surface area contributed by atoms with E-state index in [0.29, 0.717) is 19.0 Å². The maximum Gasteiger partial charge on any atom is 0.227 e. The topological polar surface area (TPSA) is 49.4 Å². The van der Waals surface area contributed by atoms with E-state index in [1.807, 2.05) is 29.2 Å². The molecule has 26 heavy (non-hydrogen) atoms. The number of rotatable bonds is 7. The summed E-state index contributed by atoms with van der Waals surface area (Å²) in [7, 11) is 0. The molecule has 2 aromatic carbocycles. The van der Waals surface area contributed by atoms with Gasteiger partial charge in [-0.2, -0.15) is 0 Å². The highest BCUT2D eigenvalue weighted by atomic mass is 16.2. The summed E-state index contributed by atoms with van der Waals surface area (Å²) in [6.07, 6.45) is 3.62. The van der Waals surface area contributed by atoms with Crippen molar-refractivity contribution in [3.63, 3.8) is 0 Å². The summed E-state index contributed by atoms with van der Waals surface area (Å²) in [5.74, 6) is 0.0715. The maximum atomic E-state index is 12.8. The van der Waals surface area contributed by atoms with Crippen LogP contribution < -0.4 is 5.32 Å². The van der Waals surface area contributed by atoms with E-state index in [4.69, 9.17) is 0 Å². The second-order valence-electron chi connectivity index (χ2n) is 6.98. The fraction of sp³-hybridized carbons (Fsp3) is 0.364. The van der Waals surface area contributed by atoms with Crippen LogP contribution in [0.25, 0.3) is 0 Å². The van der Waals surface area contributed by atoms with E-state index in [-0.39, 0.29) is 11.8 Å². The van der Waals surface area contributed by atoms with Crippen molar-refractivity contribution in [3.05, 3.63) is 65.2 Å². The van der Waals surface area contributed by atoms with Gasteiger partial charge in [-0.05, 0) is 48.1 Å². The summed E-state index contributed by atoms with van der Waals surface area (Å²) in [5.41, 5.74) is 4.22. The fourth-order valence-electron chi connectivity index (χ4n) is 3.07. The van der Waals surface area contributed by atoms with Crippen molar-refractivity contribution in [2.45, 2.75) is 52.1 Å². The number of nitrogens with zero attached hydrogens (tertiary/aromatic N) is 1. The van der Waals surface area contributed by atoms with Crippen LogP contribution in [0.15, 0.2) is 48.5 Å². The van der Waals surface area contributed by atoms with Gasteiger partial charge in [0.05, 0.1) is 6.42 Å². The third-order valence-corrected chi connectivity index (χ3v) is 4.72. The number of nitrogens with one attached hydrogen (secondary N) is 1. The highest BCUT2D eigenvalue weighted by molar-refractivity contribution is 5.88. The smallest absolute Gasteiger partial charge is 0.227 e. The van der Waals surface area contributed by atoms with E-state index in [1.165, 1.54) is 18.1 Å². The highest BCUT2D eigenvalue weighted by Gasteiger charge is 2.32. The van der Waals surface area contributed by atoms with Crippen LogP contribution in [0.5, 0.6) is 0 Å². The van der Waals surface area contributed by atoms with Gasteiger partial charge in [-0.3, -0.25) is 9.59 Å². The maximum absolute atomic E-state index is 12.8. The number of benzene rings is 2. The molecule has 2 aromatic rings. The number of hydrogen-bond donors (Lipinski definition) is 1.